The van der Waals surface area contributed by atoms with Gasteiger partial charge in [0.1, 0.15) is 0 Å². The molecule has 2 amide bonds. The van der Waals surface area contributed by atoms with Crippen LogP contribution in [0.15, 0.2) is 54.6 Å². The van der Waals surface area contributed by atoms with Crippen LogP contribution < -0.4 is 10.2 Å². The Morgan fingerprint density at radius 2 is 1.41 bits per heavy atom. The standard InChI is InChI=1S/C24H32N4O/c29-24(28-17-15-27(16-18-28)23-11-3-1-4-12-23)25-19-21-9-5-6-10-22(21)20-26-13-7-2-8-14-26/h1,3-6,9-12H,2,7-8,13-20H2,(H,25,29). The Morgan fingerprint density at radius 1 is 0.759 bits per heavy atom. The van der Waals surface area contributed by atoms with Crippen molar-refractivity contribution in [1.82, 2.24) is 15.1 Å². The minimum atomic E-state index is 0.0467. The third-order valence-corrected chi connectivity index (χ3v) is 6.08. The first-order chi connectivity index (χ1) is 14.3. The lowest BCUT2D eigenvalue weighted by molar-refractivity contribution is 0.193. The van der Waals surface area contributed by atoms with Gasteiger partial charge in [0, 0.05) is 45.0 Å². The number of rotatable bonds is 5. The number of para-hydroxylation sites is 1. The van der Waals surface area contributed by atoms with Gasteiger partial charge in [-0.05, 0) is 49.2 Å². The van der Waals surface area contributed by atoms with Crippen molar-refractivity contribution < 1.29 is 4.79 Å². The average molecular weight is 393 g/mol. The number of likely N-dealkylation sites (tertiary alicyclic amines) is 1. The predicted octanol–water partition coefficient (Wildman–Crippen LogP) is 3.70. The number of carbonyl (C=O) groups excluding carboxylic acids is 1. The predicted molar refractivity (Wildman–Crippen MR) is 118 cm³/mol. The Balaban J connectivity index is 1.28. The van der Waals surface area contributed by atoms with Crippen molar-refractivity contribution in [3.05, 3.63) is 65.7 Å². The van der Waals surface area contributed by atoms with Gasteiger partial charge in [0.25, 0.3) is 0 Å². The Labute approximate surface area is 174 Å². The number of hydrogen-bond acceptors (Lipinski definition) is 3. The number of benzene rings is 2. The highest BCUT2D eigenvalue weighted by atomic mass is 16.2. The van der Waals surface area contributed by atoms with E-state index in [1.807, 2.05) is 11.0 Å². The second-order valence-electron chi connectivity index (χ2n) is 8.07. The van der Waals surface area contributed by atoms with Crippen molar-refractivity contribution in [2.45, 2.75) is 32.4 Å². The molecular formula is C24H32N4O. The maximum absolute atomic E-state index is 12.7. The van der Waals surface area contributed by atoms with Crippen molar-refractivity contribution >= 4 is 11.7 Å². The molecule has 2 aliphatic heterocycles. The monoisotopic (exact) mass is 392 g/mol. The van der Waals surface area contributed by atoms with E-state index in [-0.39, 0.29) is 6.03 Å². The van der Waals surface area contributed by atoms with Gasteiger partial charge in [-0.15, -0.1) is 0 Å². The number of carbonyl (C=O) groups is 1. The Morgan fingerprint density at radius 3 is 2.14 bits per heavy atom. The molecule has 29 heavy (non-hydrogen) atoms. The van der Waals surface area contributed by atoms with Gasteiger partial charge in [-0.25, -0.2) is 4.79 Å². The van der Waals surface area contributed by atoms with E-state index in [2.05, 4.69) is 63.6 Å². The maximum atomic E-state index is 12.7. The number of hydrogen-bond donors (Lipinski definition) is 1. The maximum Gasteiger partial charge on any atom is 0.317 e. The quantitative estimate of drug-likeness (QED) is 0.843. The van der Waals surface area contributed by atoms with Gasteiger partial charge < -0.3 is 15.1 Å². The zero-order chi connectivity index (χ0) is 19.9. The summed E-state index contributed by atoms with van der Waals surface area (Å²) in [4.78, 5) is 19.5. The smallest absolute Gasteiger partial charge is 0.317 e. The van der Waals surface area contributed by atoms with Gasteiger partial charge >= 0.3 is 6.03 Å². The van der Waals surface area contributed by atoms with Crippen molar-refractivity contribution in [2.24, 2.45) is 0 Å². The van der Waals surface area contributed by atoms with E-state index in [1.54, 1.807) is 0 Å². The van der Waals surface area contributed by atoms with Crippen LogP contribution in [0, 0.1) is 0 Å². The number of amides is 2. The van der Waals surface area contributed by atoms with E-state index in [1.165, 1.54) is 49.2 Å². The molecule has 5 heteroatoms. The summed E-state index contributed by atoms with van der Waals surface area (Å²) in [6, 6.07) is 19.0. The van der Waals surface area contributed by atoms with Crippen LogP contribution in [0.4, 0.5) is 10.5 Å². The largest absolute Gasteiger partial charge is 0.368 e. The van der Waals surface area contributed by atoms with Crippen LogP contribution >= 0.6 is 0 Å². The van der Waals surface area contributed by atoms with Gasteiger partial charge in [-0.1, -0.05) is 48.9 Å². The molecule has 2 fully saturated rings. The molecule has 2 saturated heterocycles. The molecule has 0 spiro atoms. The molecular weight excluding hydrogens is 360 g/mol. The first kappa shape index (κ1) is 19.8. The summed E-state index contributed by atoms with van der Waals surface area (Å²) in [5.41, 5.74) is 3.80. The Bertz CT molecular complexity index is 780. The molecule has 0 atom stereocenters. The molecule has 4 rings (SSSR count). The van der Waals surface area contributed by atoms with Gasteiger partial charge in [0.15, 0.2) is 0 Å². The topological polar surface area (TPSA) is 38.8 Å². The highest BCUT2D eigenvalue weighted by Crippen LogP contribution is 2.17. The zero-order valence-corrected chi connectivity index (χ0v) is 17.2. The molecule has 2 aliphatic rings. The van der Waals surface area contributed by atoms with Crippen LogP contribution in [-0.4, -0.2) is 55.1 Å². The molecule has 0 saturated carbocycles. The fourth-order valence-electron chi connectivity index (χ4n) is 4.33. The lowest BCUT2D eigenvalue weighted by atomic mass is 10.0. The molecule has 0 radical (unpaired) electrons. The number of piperazine rings is 1. The summed E-state index contributed by atoms with van der Waals surface area (Å²) in [7, 11) is 0. The molecule has 0 unspecified atom stereocenters. The van der Waals surface area contributed by atoms with E-state index in [9.17, 15) is 4.79 Å². The summed E-state index contributed by atoms with van der Waals surface area (Å²) >= 11 is 0. The molecule has 5 nitrogen and oxygen atoms in total. The highest BCUT2D eigenvalue weighted by Gasteiger charge is 2.21. The molecule has 2 aromatic rings. The normalized spacial score (nSPS) is 17.9. The van der Waals surface area contributed by atoms with Crippen LogP contribution in [-0.2, 0) is 13.1 Å². The summed E-state index contributed by atoms with van der Waals surface area (Å²) in [5, 5.41) is 3.15. The SMILES string of the molecule is O=C(NCc1ccccc1CN1CCCCC1)N1CCN(c2ccccc2)CC1. The summed E-state index contributed by atoms with van der Waals surface area (Å²) in [5.74, 6) is 0. The van der Waals surface area contributed by atoms with Crippen molar-refractivity contribution in [2.75, 3.05) is 44.2 Å². The lowest BCUT2D eigenvalue weighted by Crippen LogP contribution is -2.51. The third kappa shape index (κ3) is 5.30. The van der Waals surface area contributed by atoms with Crippen molar-refractivity contribution in [3.8, 4) is 0 Å². The Kier molecular flexibility index (Phi) is 6.67. The van der Waals surface area contributed by atoms with Gasteiger partial charge in [-0.2, -0.15) is 0 Å². The van der Waals surface area contributed by atoms with Crippen LogP contribution in [0.2, 0.25) is 0 Å². The number of piperidine rings is 1. The number of anilines is 1. The van der Waals surface area contributed by atoms with Crippen molar-refractivity contribution in [3.63, 3.8) is 0 Å². The summed E-state index contributed by atoms with van der Waals surface area (Å²) in [6.07, 6.45) is 3.95. The fourth-order valence-corrected chi connectivity index (χ4v) is 4.33. The second kappa shape index (κ2) is 9.79. The number of nitrogens with one attached hydrogen (secondary N) is 1. The van der Waals surface area contributed by atoms with Crippen molar-refractivity contribution in [1.29, 1.82) is 0 Å². The molecule has 2 heterocycles. The molecule has 0 aromatic heterocycles. The van der Waals surface area contributed by atoms with E-state index in [0.29, 0.717) is 6.54 Å². The summed E-state index contributed by atoms with van der Waals surface area (Å²) < 4.78 is 0. The van der Waals surface area contributed by atoms with E-state index >= 15 is 0 Å². The molecule has 1 N–H and O–H groups in total. The fraction of sp³-hybridized carbons (Fsp3) is 0.458. The third-order valence-electron chi connectivity index (χ3n) is 6.08. The van der Waals surface area contributed by atoms with Gasteiger partial charge in [0.05, 0.1) is 0 Å². The average Bonchev–Trinajstić information content (AvgIpc) is 2.80. The first-order valence-corrected chi connectivity index (χ1v) is 10.9. The number of nitrogens with zero attached hydrogens (tertiary/aromatic N) is 3. The lowest BCUT2D eigenvalue weighted by Gasteiger charge is -2.36. The minimum absolute atomic E-state index is 0.0467. The van der Waals surface area contributed by atoms with Gasteiger partial charge in [-0.3, -0.25) is 4.90 Å². The van der Waals surface area contributed by atoms with Gasteiger partial charge in [0.2, 0.25) is 0 Å². The number of urea groups is 1. The van der Waals surface area contributed by atoms with Crippen LogP contribution in [0.1, 0.15) is 30.4 Å². The van der Waals surface area contributed by atoms with E-state index in [4.69, 9.17) is 0 Å². The van der Waals surface area contributed by atoms with Crippen LogP contribution in [0.5, 0.6) is 0 Å². The molecule has 2 aromatic carbocycles. The molecule has 0 aliphatic carbocycles. The second-order valence-corrected chi connectivity index (χ2v) is 8.07. The first-order valence-electron chi connectivity index (χ1n) is 10.9. The van der Waals surface area contributed by atoms with Crippen LogP contribution in [0.25, 0.3) is 0 Å². The molecule has 154 valence electrons. The van der Waals surface area contributed by atoms with E-state index < -0.39 is 0 Å². The highest BCUT2D eigenvalue weighted by molar-refractivity contribution is 5.74. The minimum Gasteiger partial charge on any atom is -0.368 e. The van der Waals surface area contributed by atoms with E-state index in [0.717, 1.165) is 32.7 Å². The summed E-state index contributed by atoms with van der Waals surface area (Å²) in [6.45, 7) is 7.24. The zero-order valence-electron chi connectivity index (χ0n) is 17.2. The Hall–Kier alpha value is -2.53. The molecule has 0 bridgehead atoms. The van der Waals surface area contributed by atoms with Crippen LogP contribution in [0.3, 0.4) is 0 Å².